The molecule has 2 N–H and O–H groups in total. The van der Waals surface area contributed by atoms with Crippen molar-refractivity contribution >= 4 is 0 Å². The number of ether oxygens (including phenoxy) is 2. The van der Waals surface area contributed by atoms with E-state index in [1.54, 1.807) is 0 Å². The van der Waals surface area contributed by atoms with Gasteiger partial charge >= 0.3 is 0 Å². The van der Waals surface area contributed by atoms with Crippen LogP contribution in [0.2, 0.25) is 0 Å². The van der Waals surface area contributed by atoms with Crippen molar-refractivity contribution in [1.29, 1.82) is 0 Å². The largest absolute Gasteiger partial charge is 0.486 e. The summed E-state index contributed by atoms with van der Waals surface area (Å²) in [6, 6.07) is 6.60. The first-order valence-corrected chi connectivity index (χ1v) is 8.39. The Hall–Kier alpha value is -2.01. The summed E-state index contributed by atoms with van der Waals surface area (Å²) in [5.74, 6) is 1.72. The molecule has 5 heteroatoms. The third kappa shape index (κ3) is 3.85. The number of nitrogens with zero attached hydrogens (tertiary/aromatic N) is 1. The van der Waals surface area contributed by atoms with E-state index in [4.69, 9.17) is 9.47 Å². The number of hydrogen-bond donors (Lipinski definition) is 2. The number of aryl methyl sites for hydroxylation is 2. The van der Waals surface area contributed by atoms with Gasteiger partial charge in [0.1, 0.15) is 13.2 Å². The Bertz CT molecular complexity index is 639. The Morgan fingerprint density at radius 2 is 2.09 bits per heavy atom. The number of H-pyrrole nitrogens is 1. The van der Waals surface area contributed by atoms with Crippen molar-refractivity contribution in [1.82, 2.24) is 15.5 Å². The molecule has 1 unspecified atom stereocenters. The molecule has 0 radical (unpaired) electrons. The van der Waals surface area contributed by atoms with Gasteiger partial charge in [-0.3, -0.25) is 5.10 Å². The fourth-order valence-corrected chi connectivity index (χ4v) is 2.96. The summed E-state index contributed by atoms with van der Waals surface area (Å²) in [5, 5.41) is 10.7. The van der Waals surface area contributed by atoms with Crippen LogP contribution in [-0.2, 0) is 6.42 Å². The van der Waals surface area contributed by atoms with E-state index in [1.807, 2.05) is 12.3 Å². The van der Waals surface area contributed by atoms with Crippen molar-refractivity contribution < 1.29 is 9.47 Å². The predicted octanol–water partition coefficient (Wildman–Crippen LogP) is 3.16. The average molecular weight is 315 g/mol. The van der Waals surface area contributed by atoms with Gasteiger partial charge in [-0.15, -0.1) is 0 Å². The molecule has 1 aromatic heterocycles. The Morgan fingerprint density at radius 3 is 2.83 bits per heavy atom. The lowest BCUT2D eigenvalue weighted by Crippen LogP contribution is -2.23. The van der Waals surface area contributed by atoms with Crippen molar-refractivity contribution in [3.8, 4) is 11.5 Å². The smallest absolute Gasteiger partial charge is 0.161 e. The fourth-order valence-electron chi connectivity index (χ4n) is 2.96. The maximum Gasteiger partial charge on any atom is 0.161 e. The van der Waals surface area contributed by atoms with E-state index in [2.05, 4.69) is 41.5 Å². The Morgan fingerprint density at radius 1 is 1.26 bits per heavy atom. The first kappa shape index (κ1) is 15.9. The predicted molar refractivity (Wildman–Crippen MR) is 90.1 cm³/mol. The van der Waals surface area contributed by atoms with E-state index in [0.29, 0.717) is 19.3 Å². The van der Waals surface area contributed by atoms with Crippen molar-refractivity contribution in [2.75, 3.05) is 19.8 Å². The number of nitrogens with one attached hydrogen (secondary N) is 2. The molecule has 0 saturated heterocycles. The molecule has 2 aromatic rings. The van der Waals surface area contributed by atoms with E-state index in [9.17, 15) is 0 Å². The maximum absolute atomic E-state index is 5.68. The maximum atomic E-state index is 5.68. The molecule has 1 aliphatic heterocycles. The summed E-state index contributed by atoms with van der Waals surface area (Å²) in [7, 11) is 0. The summed E-state index contributed by atoms with van der Waals surface area (Å²) in [6.07, 6.45) is 5.12. The molecule has 124 valence electrons. The van der Waals surface area contributed by atoms with Crippen LogP contribution in [0.5, 0.6) is 11.5 Å². The molecular formula is C18H25N3O2. The van der Waals surface area contributed by atoms with Gasteiger partial charge in [0.05, 0.1) is 6.20 Å². The van der Waals surface area contributed by atoms with Crippen LogP contribution in [0, 0.1) is 6.92 Å². The number of rotatable bonds is 7. The van der Waals surface area contributed by atoms with Crippen LogP contribution in [-0.4, -0.2) is 30.0 Å². The lowest BCUT2D eigenvalue weighted by atomic mass is 10.0. The molecule has 0 saturated carbocycles. The standard InChI is InChI=1S/C18H25N3O2/c1-3-16(19-8-4-5-15-12-20-21-13(15)2)14-6-7-17-18(11-14)23-10-9-22-17/h6-7,11-12,16,19H,3-5,8-10H2,1-2H3,(H,20,21). The third-order valence-electron chi connectivity index (χ3n) is 4.32. The van der Waals surface area contributed by atoms with Gasteiger partial charge in [0, 0.05) is 11.7 Å². The van der Waals surface area contributed by atoms with Gasteiger partial charge < -0.3 is 14.8 Å². The first-order chi connectivity index (χ1) is 11.3. The van der Waals surface area contributed by atoms with E-state index in [0.717, 1.165) is 37.3 Å². The SMILES string of the molecule is CCC(NCCCc1cn[nH]c1C)c1ccc2c(c1)OCCO2. The Labute approximate surface area is 137 Å². The fraction of sp³-hybridized carbons (Fsp3) is 0.500. The molecule has 0 bridgehead atoms. The molecule has 0 fully saturated rings. The number of hydrogen-bond acceptors (Lipinski definition) is 4. The second kappa shape index (κ2) is 7.51. The second-order valence-electron chi connectivity index (χ2n) is 5.94. The minimum atomic E-state index is 0.344. The molecule has 5 nitrogen and oxygen atoms in total. The highest BCUT2D eigenvalue weighted by Crippen LogP contribution is 2.33. The molecule has 1 aromatic carbocycles. The van der Waals surface area contributed by atoms with Gasteiger partial charge in [-0.05, 0) is 56.0 Å². The first-order valence-electron chi connectivity index (χ1n) is 8.39. The minimum absolute atomic E-state index is 0.344. The lowest BCUT2D eigenvalue weighted by molar-refractivity contribution is 0.171. The Balaban J connectivity index is 1.54. The zero-order chi connectivity index (χ0) is 16.1. The van der Waals surface area contributed by atoms with Gasteiger partial charge in [0.2, 0.25) is 0 Å². The third-order valence-corrected chi connectivity index (χ3v) is 4.32. The van der Waals surface area contributed by atoms with Gasteiger partial charge in [0.25, 0.3) is 0 Å². The highest BCUT2D eigenvalue weighted by Gasteiger charge is 2.15. The van der Waals surface area contributed by atoms with Crippen molar-refractivity contribution in [2.45, 2.75) is 39.2 Å². The zero-order valence-electron chi connectivity index (χ0n) is 13.9. The summed E-state index contributed by atoms with van der Waals surface area (Å²) in [6.45, 7) is 6.52. The molecule has 2 heterocycles. The summed E-state index contributed by atoms with van der Waals surface area (Å²) in [4.78, 5) is 0. The van der Waals surface area contributed by atoms with Crippen LogP contribution in [0.15, 0.2) is 24.4 Å². The molecule has 3 rings (SSSR count). The number of benzene rings is 1. The molecule has 0 amide bonds. The summed E-state index contributed by atoms with van der Waals surface area (Å²) < 4.78 is 11.3. The number of fused-ring (bicyclic) bond motifs is 1. The van der Waals surface area contributed by atoms with E-state index in [1.165, 1.54) is 16.8 Å². The summed E-state index contributed by atoms with van der Waals surface area (Å²) in [5.41, 5.74) is 3.74. The monoisotopic (exact) mass is 315 g/mol. The zero-order valence-corrected chi connectivity index (χ0v) is 13.9. The molecule has 0 aliphatic carbocycles. The molecular weight excluding hydrogens is 290 g/mol. The number of aromatic nitrogens is 2. The van der Waals surface area contributed by atoms with Crippen molar-refractivity contribution in [3.05, 3.63) is 41.2 Å². The molecule has 0 spiro atoms. The quantitative estimate of drug-likeness (QED) is 0.771. The van der Waals surface area contributed by atoms with Crippen LogP contribution < -0.4 is 14.8 Å². The summed E-state index contributed by atoms with van der Waals surface area (Å²) >= 11 is 0. The van der Waals surface area contributed by atoms with Crippen LogP contribution >= 0.6 is 0 Å². The van der Waals surface area contributed by atoms with Gasteiger partial charge in [-0.2, -0.15) is 5.10 Å². The van der Waals surface area contributed by atoms with Crippen LogP contribution in [0.3, 0.4) is 0 Å². The van der Waals surface area contributed by atoms with Crippen molar-refractivity contribution in [2.24, 2.45) is 0 Å². The van der Waals surface area contributed by atoms with Gasteiger partial charge in [-0.1, -0.05) is 13.0 Å². The minimum Gasteiger partial charge on any atom is -0.486 e. The average Bonchev–Trinajstić information content (AvgIpc) is 3.00. The molecule has 23 heavy (non-hydrogen) atoms. The van der Waals surface area contributed by atoms with E-state index >= 15 is 0 Å². The van der Waals surface area contributed by atoms with Gasteiger partial charge in [-0.25, -0.2) is 0 Å². The van der Waals surface area contributed by atoms with Crippen LogP contribution in [0.1, 0.15) is 42.6 Å². The van der Waals surface area contributed by atoms with Gasteiger partial charge in [0.15, 0.2) is 11.5 Å². The second-order valence-corrected chi connectivity index (χ2v) is 5.94. The molecule has 1 atom stereocenters. The number of aromatic amines is 1. The van der Waals surface area contributed by atoms with Crippen LogP contribution in [0.4, 0.5) is 0 Å². The Kier molecular flexibility index (Phi) is 5.18. The van der Waals surface area contributed by atoms with Crippen molar-refractivity contribution in [3.63, 3.8) is 0 Å². The van der Waals surface area contributed by atoms with E-state index in [-0.39, 0.29) is 0 Å². The molecule has 1 aliphatic rings. The highest BCUT2D eigenvalue weighted by molar-refractivity contribution is 5.44. The normalized spacial score (nSPS) is 14.7. The van der Waals surface area contributed by atoms with Crippen LogP contribution in [0.25, 0.3) is 0 Å². The lowest BCUT2D eigenvalue weighted by Gasteiger charge is -2.22. The topological polar surface area (TPSA) is 59.2 Å². The highest BCUT2D eigenvalue weighted by atomic mass is 16.6. The van der Waals surface area contributed by atoms with E-state index < -0.39 is 0 Å².